The zero-order valence-electron chi connectivity index (χ0n) is 11.4. The summed E-state index contributed by atoms with van der Waals surface area (Å²) < 4.78 is 4.30. The van der Waals surface area contributed by atoms with Gasteiger partial charge < -0.3 is 4.57 Å². The summed E-state index contributed by atoms with van der Waals surface area (Å²) in [6, 6.07) is 2.20. The molecule has 0 aliphatic carbocycles. The summed E-state index contributed by atoms with van der Waals surface area (Å²) in [6.45, 7) is 9.58. The summed E-state index contributed by atoms with van der Waals surface area (Å²) in [7, 11) is 2.02. The molecule has 0 unspecified atom stereocenters. The van der Waals surface area contributed by atoms with Crippen molar-refractivity contribution in [2.45, 2.75) is 40.7 Å². The lowest BCUT2D eigenvalue weighted by molar-refractivity contribution is 0.654. The summed E-state index contributed by atoms with van der Waals surface area (Å²) in [5.41, 5.74) is 6.53. The van der Waals surface area contributed by atoms with Gasteiger partial charge in [0.2, 0.25) is 0 Å². The molecule has 0 bridgehead atoms. The van der Waals surface area contributed by atoms with Gasteiger partial charge in [-0.3, -0.25) is 4.68 Å². The summed E-state index contributed by atoms with van der Waals surface area (Å²) in [6.07, 6.45) is 3.22. The number of aromatic nitrogens is 3. The monoisotopic (exact) mass is 231 g/mol. The van der Waals surface area contributed by atoms with E-state index < -0.39 is 0 Å². The van der Waals surface area contributed by atoms with E-state index in [1.807, 2.05) is 11.7 Å². The average Bonchev–Trinajstić information content (AvgIpc) is 2.77. The maximum atomic E-state index is 4.49. The molecule has 0 aromatic carbocycles. The van der Waals surface area contributed by atoms with Gasteiger partial charge >= 0.3 is 0 Å². The fourth-order valence-electron chi connectivity index (χ4n) is 2.16. The van der Waals surface area contributed by atoms with E-state index in [-0.39, 0.29) is 0 Å². The van der Waals surface area contributed by atoms with Crippen LogP contribution in [-0.4, -0.2) is 14.3 Å². The number of hydrogen-bond acceptors (Lipinski definition) is 1. The number of hydrogen-bond donors (Lipinski definition) is 0. The number of nitrogens with zero attached hydrogens (tertiary/aromatic N) is 3. The van der Waals surface area contributed by atoms with Crippen LogP contribution in [0.15, 0.2) is 12.3 Å². The van der Waals surface area contributed by atoms with Gasteiger partial charge in [0.1, 0.15) is 0 Å². The van der Waals surface area contributed by atoms with Crippen molar-refractivity contribution < 1.29 is 0 Å². The van der Waals surface area contributed by atoms with Crippen LogP contribution in [0.2, 0.25) is 0 Å². The molecule has 92 valence electrons. The van der Waals surface area contributed by atoms with Crippen LogP contribution < -0.4 is 0 Å². The van der Waals surface area contributed by atoms with Crippen molar-refractivity contribution in [1.29, 1.82) is 0 Å². The minimum atomic E-state index is 0.907. The van der Waals surface area contributed by atoms with Crippen molar-refractivity contribution in [3.63, 3.8) is 0 Å². The molecule has 3 nitrogen and oxygen atoms in total. The van der Waals surface area contributed by atoms with Crippen molar-refractivity contribution >= 4 is 0 Å². The van der Waals surface area contributed by atoms with Crippen LogP contribution >= 0.6 is 0 Å². The second-order valence-corrected chi connectivity index (χ2v) is 4.75. The van der Waals surface area contributed by atoms with Gasteiger partial charge in [-0.15, -0.1) is 0 Å². The lowest BCUT2D eigenvalue weighted by Crippen LogP contribution is -2.06. The van der Waals surface area contributed by atoms with Gasteiger partial charge in [0.05, 0.1) is 17.9 Å². The van der Waals surface area contributed by atoms with Gasteiger partial charge in [-0.2, -0.15) is 5.10 Å². The highest BCUT2D eigenvalue weighted by Crippen LogP contribution is 2.16. The predicted molar refractivity (Wildman–Crippen MR) is 70.3 cm³/mol. The fraction of sp³-hybridized carbons (Fsp3) is 0.500. The molecule has 2 rings (SSSR count). The summed E-state index contributed by atoms with van der Waals surface area (Å²) in [4.78, 5) is 0. The Bertz CT molecular complexity index is 532. The molecule has 2 aromatic rings. The van der Waals surface area contributed by atoms with Crippen molar-refractivity contribution in [1.82, 2.24) is 14.3 Å². The highest BCUT2D eigenvalue weighted by atomic mass is 15.3. The Labute approximate surface area is 103 Å². The van der Waals surface area contributed by atoms with Gasteiger partial charge in [-0.05, 0) is 44.4 Å². The predicted octanol–water partition coefficient (Wildman–Crippen LogP) is 2.76. The molecule has 0 spiro atoms. The van der Waals surface area contributed by atoms with Crippen LogP contribution in [0.1, 0.15) is 35.1 Å². The Morgan fingerprint density at radius 1 is 1.24 bits per heavy atom. The van der Waals surface area contributed by atoms with E-state index in [1.54, 1.807) is 0 Å². The second kappa shape index (κ2) is 4.40. The molecule has 0 fully saturated rings. The third-order valence-corrected chi connectivity index (χ3v) is 3.64. The van der Waals surface area contributed by atoms with E-state index in [4.69, 9.17) is 0 Å². The van der Waals surface area contributed by atoms with Crippen LogP contribution in [0.3, 0.4) is 0 Å². The lowest BCUT2D eigenvalue weighted by Gasteiger charge is -2.06. The molecule has 0 saturated carbocycles. The zero-order chi connectivity index (χ0) is 12.6. The zero-order valence-corrected chi connectivity index (χ0v) is 11.4. The third-order valence-electron chi connectivity index (χ3n) is 3.64. The molecule has 3 heteroatoms. The average molecular weight is 231 g/mol. The molecule has 2 heterocycles. The first-order chi connectivity index (χ1) is 8.02. The first kappa shape index (κ1) is 12.0. The van der Waals surface area contributed by atoms with E-state index in [2.05, 4.69) is 49.6 Å². The summed E-state index contributed by atoms with van der Waals surface area (Å²) in [5, 5.41) is 4.49. The van der Waals surface area contributed by atoms with E-state index >= 15 is 0 Å². The minimum Gasteiger partial charge on any atom is -0.345 e. The summed E-state index contributed by atoms with van der Waals surface area (Å²) in [5.74, 6) is 0. The van der Waals surface area contributed by atoms with Crippen LogP contribution in [0.4, 0.5) is 0 Å². The molecule has 0 amide bonds. The van der Waals surface area contributed by atoms with Crippen LogP contribution in [0, 0.1) is 20.8 Å². The first-order valence-corrected chi connectivity index (χ1v) is 6.17. The molecule has 17 heavy (non-hydrogen) atoms. The smallest absolute Gasteiger partial charge is 0.0642 e. The van der Waals surface area contributed by atoms with Gasteiger partial charge in [0.15, 0.2) is 0 Å². The number of aryl methyl sites for hydroxylation is 3. The quantitative estimate of drug-likeness (QED) is 0.796. The van der Waals surface area contributed by atoms with E-state index in [0.29, 0.717) is 0 Å². The lowest BCUT2D eigenvalue weighted by atomic mass is 10.2. The van der Waals surface area contributed by atoms with E-state index in [0.717, 1.165) is 13.0 Å². The first-order valence-electron chi connectivity index (χ1n) is 6.17. The Hall–Kier alpha value is -1.51. The Morgan fingerprint density at radius 2 is 1.94 bits per heavy atom. The minimum absolute atomic E-state index is 0.907. The van der Waals surface area contributed by atoms with Crippen molar-refractivity contribution in [3.8, 4) is 0 Å². The Morgan fingerprint density at radius 3 is 2.41 bits per heavy atom. The Balaban J connectivity index is 2.31. The van der Waals surface area contributed by atoms with Crippen LogP contribution in [-0.2, 0) is 20.0 Å². The molecular formula is C14H21N3. The Kier molecular flexibility index (Phi) is 3.09. The molecule has 2 aromatic heterocycles. The highest BCUT2D eigenvalue weighted by Gasteiger charge is 2.09. The van der Waals surface area contributed by atoms with Crippen LogP contribution in [0.25, 0.3) is 0 Å². The number of rotatable bonds is 3. The molecule has 0 N–H and O–H groups in total. The van der Waals surface area contributed by atoms with Crippen molar-refractivity contribution in [3.05, 3.63) is 40.5 Å². The van der Waals surface area contributed by atoms with E-state index in [9.17, 15) is 0 Å². The molecule has 0 radical (unpaired) electrons. The maximum Gasteiger partial charge on any atom is 0.0642 e. The summed E-state index contributed by atoms with van der Waals surface area (Å²) >= 11 is 0. The van der Waals surface area contributed by atoms with Crippen LogP contribution in [0.5, 0.6) is 0 Å². The van der Waals surface area contributed by atoms with Gasteiger partial charge in [0, 0.05) is 18.9 Å². The molecular weight excluding hydrogens is 210 g/mol. The molecule has 0 saturated heterocycles. The molecule has 0 aliphatic rings. The normalized spacial score (nSPS) is 11.1. The fourth-order valence-corrected chi connectivity index (χ4v) is 2.16. The highest BCUT2D eigenvalue weighted by molar-refractivity contribution is 5.29. The topological polar surface area (TPSA) is 22.8 Å². The van der Waals surface area contributed by atoms with E-state index in [1.165, 1.54) is 28.2 Å². The van der Waals surface area contributed by atoms with Crippen molar-refractivity contribution in [2.24, 2.45) is 7.05 Å². The SMILES string of the molecule is CCc1cc(Cn2cc(C)c(C)c2C)n(C)n1. The third kappa shape index (κ3) is 2.14. The maximum absolute atomic E-state index is 4.49. The molecule has 0 aliphatic heterocycles. The molecule has 0 atom stereocenters. The van der Waals surface area contributed by atoms with Gasteiger partial charge in [-0.25, -0.2) is 0 Å². The standard InChI is InChI=1S/C14H21N3/c1-6-13-7-14(16(5)15-13)9-17-8-10(2)11(3)12(17)4/h7-8H,6,9H2,1-5H3. The largest absolute Gasteiger partial charge is 0.345 e. The van der Waals surface area contributed by atoms with Gasteiger partial charge in [0.25, 0.3) is 0 Å². The van der Waals surface area contributed by atoms with Gasteiger partial charge in [-0.1, -0.05) is 6.92 Å². The van der Waals surface area contributed by atoms with Crippen molar-refractivity contribution in [2.75, 3.05) is 0 Å². The second-order valence-electron chi connectivity index (χ2n) is 4.75.